The zero-order chi connectivity index (χ0) is 15.3. The van der Waals surface area contributed by atoms with Crippen LogP contribution in [0.25, 0.3) is 0 Å². The summed E-state index contributed by atoms with van der Waals surface area (Å²) in [6, 6.07) is -1.12. The Labute approximate surface area is 115 Å². The number of carbonyl (C=O) groups is 1. The molecular formula is C12H19F3N4O. The highest BCUT2D eigenvalue weighted by Crippen LogP contribution is 2.20. The van der Waals surface area contributed by atoms with Crippen LogP contribution in [-0.4, -0.2) is 39.9 Å². The summed E-state index contributed by atoms with van der Waals surface area (Å²) in [5, 5.41) is 3.86. The predicted molar refractivity (Wildman–Crippen MR) is 67.7 cm³/mol. The van der Waals surface area contributed by atoms with E-state index < -0.39 is 24.7 Å². The zero-order valence-electron chi connectivity index (χ0n) is 11.5. The molecule has 5 nitrogen and oxygen atoms in total. The Morgan fingerprint density at radius 2 is 2.20 bits per heavy atom. The van der Waals surface area contributed by atoms with Gasteiger partial charge in [-0.2, -0.15) is 18.3 Å². The van der Waals surface area contributed by atoms with Crippen LogP contribution < -0.4 is 5.73 Å². The predicted octanol–water partition coefficient (Wildman–Crippen LogP) is 1.61. The fraction of sp³-hybridized carbons (Fsp3) is 0.667. The molecule has 0 fully saturated rings. The number of halogens is 3. The minimum absolute atomic E-state index is 0.0444. The third kappa shape index (κ3) is 4.84. The van der Waals surface area contributed by atoms with Crippen molar-refractivity contribution < 1.29 is 18.0 Å². The molecule has 114 valence electrons. The minimum Gasteiger partial charge on any atom is -0.332 e. The molecule has 20 heavy (non-hydrogen) atoms. The molecule has 0 aliphatic rings. The van der Waals surface area contributed by atoms with Gasteiger partial charge in [0.25, 0.3) is 0 Å². The lowest BCUT2D eigenvalue weighted by molar-refractivity contribution is -0.162. The van der Waals surface area contributed by atoms with Crippen LogP contribution >= 0.6 is 0 Å². The lowest BCUT2D eigenvalue weighted by atomic mass is 10.1. The van der Waals surface area contributed by atoms with Crippen LogP contribution in [0.1, 0.15) is 31.4 Å². The number of alkyl halides is 3. The van der Waals surface area contributed by atoms with Gasteiger partial charge in [-0.15, -0.1) is 0 Å². The third-order valence-electron chi connectivity index (χ3n) is 2.81. The summed E-state index contributed by atoms with van der Waals surface area (Å²) in [6.07, 6.45) is -0.328. The molecule has 0 saturated carbocycles. The van der Waals surface area contributed by atoms with Gasteiger partial charge in [-0.05, 0) is 6.42 Å². The first-order chi connectivity index (χ1) is 9.24. The van der Waals surface area contributed by atoms with Crippen LogP contribution in [0.5, 0.6) is 0 Å². The summed E-state index contributed by atoms with van der Waals surface area (Å²) in [4.78, 5) is 12.9. The second-order valence-corrected chi connectivity index (χ2v) is 4.65. The van der Waals surface area contributed by atoms with Gasteiger partial charge in [0.05, 0.1) is 6.20 Å². The first-order valence-corrected chi connectivity index (χ1v) is 6.34. The fourth-order valence-corrected chi connectivity index (χ4v) is 1.77. The van der Waals surface area contributed by atoms with Gasteiger partial charge in [0, 0.05) is 25.4 Å². The van der Waals surface area contributed by atoms with Crippen LogP contribution in [-0.2, 0) is 11.8 Å². The monoisotopic (exact) mass is 292 g/mol. The van der Waals surface area contributed by atoms with Crippen LogP contribution in [0, 0.1) is 0 Å². The zero-order valence-corrected chi connectivity index (χ0v) is 11.5. The van der Waals surface area contributed by atoms with E-state index in [1.54, 1.807) is 7.05 Å². The normalized spacial score (nSPS) is 13.3. The molecular weight excluding hydrogens is 273 g/mol. The van der Waals surface area contributed by atoms with Gasteiger partial charge in [-0.1, -0.05) is 13.3 Å². The lowest BCUT2D eigenvalue weighted by Crippen LogP contribution is -2.44. The van der Waals surface area contributed by atoms with E-state index in [-0.39, 0.29) is 6.54 Å². The minimum atomic E-state index is -4.43. The van der Waals surface area contributed by atoms with Gasteiger partial charge in [0.15, 0.2) is 0 Å². The summed E-state index contributed by atoms with van der Waals surface area (Å²) >= 11 is 0. The number of unbranched alkanes of at least 4 members (excludes halogenated alkanes) is 1. The van der Waals surface area contributed by atoms with Gasteiger partial charge in [-0.25, -0.2) is 0 Å². The van der Waals surface area contributed by atoms with Crippen molar-refractivity contribution in [3.8, 4) is 0 Å². The highest BCUT2D eigenvalue weighted by molar-refractivity contribution is 5.83. The molecule has 2 N–H and O–H groups in total. The van der Waals surface area contributed by atoms with Crippen molar-refractivity contribution in [1.82, 2.24) is 14.7 Å². The molecule has 8 heteroatoms. The van der Waals surface area contributed by atoms with Crippen molar-refractivity contribution in [1.29, 1.82) is 0 Å². The molecule has 1 aromatic heterocycles. The Hall–Kier alpha value is -1.57. The Balaban J connectivity index is 2.80. The van der Waals surface area contributed by atoms with Crippen LogP contribution in [0.3, 0.4) is 0 Å². The highest BCUT2D eigenvalue weighted by Gasteiger charge is 2.34. The van der Waals surface area contributed by atoms with E-state index >= 15 is 0 Å². The first-order valence-electron chi connectivity index (χ1n) is 6.34. The number of aryl methyl sites for hydroxylation is 1. The molecule has 0 saturated heterocycles. The Kier molecular flexibility index (Phi) is 5.55. The van der Waals surface area contributed by atoms with Gasteiger partial charge in [0.2, 0.25) is 5.91 Å². The Morgan fingerprint density at radius 1 is 1.55 bits per heavy atom. The van der Waals surface area contributed by atoms with E-state index in [2.05, 4.69) is 5.10 Å². The third-order valence-corrected chi connectivity index (χ3v) is 2.81. The molecule has 1 heterocycles. The largest absolute Gasteiger partial charge is 0.406 e. The van der Waals surface area contributed by atoms with Gasteiger partial charge >= 0.3 is 6.18 Å². The van der Waals surface area contributed by atoms with E-state index in [1.165, 1.54) is 17.1 Å². The maximum Gasteiger partial charge on any atom is 0.406 e. The summed E-state index contributed by atoms with van der Waals surface area (Å²) < 4.78 is 39.0. The number of nitrogens with two attached hydrogens (primary N) is 1. The van der Waals surface area contributed by atoms with E-state index in [4.69, 9.17) is 5.73 Å². The molecule has 0 aromatic carbocycles. The standard InChI is InChI=1S/C12H19F3N4O/c1-3-4-5-19(8-12(13,14)15)11(20)10(16)9-6-17-18(2)7-9/h6-7,10H,3-5,8,16H2,1-2H3. The average Bonchev–Trinajstić information content (AvgIpc) is 2.78. The smallest absolute Gasteiger partial charge is 0.332 e. The SMILES string of the molecule is CCCCN(CC(F)(F)F)C(=O)C(N)c1cnn(C)c1. The molecule has 0 aliphatic heterocycles. The molecule has 0 aliphatic carbocycles. The highest BCUT2D eigenvalue weighted by atomic mass is 19.4. The van der Waals surface area contributed by atoms with E-state index in [0.717, 1.165) is 4.90 Å². The molecule has 0 radical (unpaired) electrons. The second-order valence-electron chi connectivity index (χ2n) is 4.65. The van der Waals surface area contributed by atoms with Crippen molar-refractivity contribution in [3.05, 3.63) is 18.0 Å². The molecule has 0 spiro atoms. The van der Waals surface area contributed by atoms with Crippen molar-refractivity contribution in [2.45, 2.75) is 32.0 Å². The van der Waals surface area contributed by atoms with Gasteiger partial charge in [-0.3, -0.25) is 9.48 Å². The maximum absolute atomic E-state index is 12.5. The number of amides is 1. The van der Waals surface area contributed by atoms with Crippen molar-refractivity contribution in [2.75, 3.05) is 13.1 Å². The van der Waals surface area contributed by atoms with Crippen molar-refractivity contribution in [3.63, 3.8) is 0 Å². The van der Waals surface area contributed by atoms with E-state index in [0.29, 0.717) is 18.4 Å². The Bertz CT molecular complexity index is 444. The number of aromatic nitrogens is 2. The van der Waals surface area contributed by atoms with Crippen LogP contribution in [0.15, 0.2) is 12.4 Å². The topological polar surface area (TPSA) is 64.2 Å². The van der Waals surface area contributed by atoms with Gasteiger partial charge in [0.1, 0.15) is 12.6 Å². The van der Waals surface area contributed by atoms with Gasteiger partial charge < -0.3 is 10.6 Å². The van der Waals surface area contributed by atoms with E-state index in [1.807, 2.05) is 6.92 Å². The lowest BCUT2D eigenvalue weighted by Gasteiger charge is -2.26. The van der Waals surface area contributed by atoms with Crippen LogP contribution in [0.2, 0.25) is 0 Å². The Morgan fingerprint density at radius 3 is 2.65 bits per heavy atom. The number of hydrogen-bond donors (Lipinski definition) is 1. The number of carbonyl (C=O) groups excluding carboxylic acids is 1. The number of rotatable bonds is 6. The maximum atomic E-state index is 12.5. The molecule has 0 bridgehead atoms. The average molecular weight is 292 g/mol. The van der Waals surface area contributed by atoms with Crippen molar-refractivity contribution >= 4 is 5.91 Å². The summed E-state index contributed by atoms with van der Waals surface area (Å²) in [6.45, 7) is 0.611. The first kappa shape index (κ1) is 16.5. The fourth-order valence-electron chi connectivity index (χ4n) is 1.77. The summed E-state index contributed by atoms with van der Waals surface area (Å²) in [5.41, 5.74) is 6.14. The molecule has 1 atom stereocenters. The van der Waals surface area contributed by atoms with E-state index in [9.17, 15) is 18.0 Å². The molecule has 1 unspecified atom stereocenters. The van der Waals surface area contributed by atoms with Crippen LogP contribution in [0.4, 0.5) is 13.2 Å². The number of hydrogen-bond acceptors (Lipinski definition) is 3. The number of nitrogens with zero attached hydrogens (tertiary/aromatic N) is 3. The molecule has 1 rings (SSSR count). The summed E-state index contributed by atoms with van der Waals surface area (Å²) in [5.74, 6) is -0.733. The quantitative estimate of drug-likeness (QED) is 0.866. The summed E-state index contributed by atoms with van der Waals surface area (Å²) in [7, 11) is 1.64. The second kappa shape index (κ2) is 6.74. The van der Waals surface area contributed by atoms with Crippen molar-refractivity contribution in [2.24, 2.45) is 12.8 Å². The molecule has 1 amide bonds. The molecule has 1 aromatic rings.